The fourth-order valence-corrected chi connectivity index (χ4v) is 1.51. The quantitative estimate of drug-likeness (QED) is 0.777. The number of rotatable bonds is 7. The molecule has 0 fully saturated rings. The highest BCUT2D eigenvalue weighted by Crippen LogP contribution is 2.11. The molecule has 0 bridgehead atoms. The Hall–Kier alpha value is -0.640. The molecule has 0 saturated carbocycles. The zero-order valence-electron chi connectivity index (χ0n) is 9.63. The minimum Gasteiger partial charge on any atom is -0.372 e. The molecule has 0 aliphatic rings. The van der Waals surface area contributed by atoms with E-state index in [4.69, 9.17) is 4.74 Å². The summed E-state index contributed by atoms with van der Waals surface area (Å²) in [4.78, 5) is 0. The molecule has 88 valence electrons. The van der Waals surface area contributed by atoms with Gasteiger partial charge in [-0.2, -0.15) is 0 Å². The first kappa shape index (κ1) is 13.4. The Labute approximate surface area is 106 Å². The van der Waals surface area contributed by atoms with Crippen molar-refractivity contribution in [2.75, 3.05) is 19.7 Å². The molecule has 0 atom stereocenters. The predicted octanol–water partition coefficient (Wildman–Crippen LogP) is 3.13. The number of hydrogen-bond acceptors (Lipinski definition) is 2. The molecule has 0 aromatic heterocycles. The summed E-state index contributed by atoms with van der Waals surface area (Å²) >= 11 is 3.40. The van der Waals surface area contributed by atoms with Gasteiger partial charge in [0, 0.05) is 11.0 Å². The summed E-state index contributed by atoms with van der Waals surface area (Å²) in [6, 6.07) is 8.15. The maximum atomic E-state index is 5.56. The van der Waals surface area contributed by atoms with E-state index in [1.165, 1.54) is 5.56 Å². The van der Waals surface area contributed by atoms with Crippen molar-refractivity contribution in [3.8, 4) is 0 Å². The van der Waals surface area contributed by atoms with Crippen molar-refractivity contribution in [3.63, 3.8) is 0 Å². The van der Waals surface area contributed by atoms with Crippen LogP contribution in [-0.4, -0.2) is 19.7 Å². The lowest BCUT2D eigenvalue weighted by atomic mass is 10.2. The van der Waals surface area contributed by atoms with Gasteiger partial charge in [0.1, 0.15) is 0 Å². The molecule has 1 aromatic carbocycles. The zero-order valence-corrected chi connectivity index (χ0v) is 11.2. The molecule has 0 amide bonds. The van der Waals surface area contributed by atoms with E-state index in [1.807, 2.05) is 12.1 Å². The predicted molar refractivity (Wildman–Crippen MR) is 71.5 cm³/mol. The van der Waals surface area contributed by atoms with Crippen LogP contribution in [0.2, 0.25) is 0 Å². The van der Waals surface area contributed by atoms with E-state index in [0.29, 0.717) is 13.2 Å². The van der Waals surface area contributed by atoms with Crippen LogP contribution >= 0.6 is 15.9 Å². The van der Waals surface area contributed by atoms with Gasteiger partial charge >= 0.3 is 0 Å². The third-order valence-corrected chi connectivity index (χ3v) is 2.64. The lowest BCUT2D eigenvalue weighted by molar-refractivity contribution is 0.141. The molecule has 0 unspecified atom stereocenters. The summed E-state index contributed by atoms with van der Waals surface area (Å²) in [7, 11) is 0. The van der Waals surface area contributed by atoms with Crippen LogP contribution in [0.4, 0.5) is 0 Å². The van der Waals surface area contributed by atoms with Crippen molar-refractivity contribution in [2.24, 2.45) is 0 Å². The number of halogens is 1. The van der Waals surface area contributed by atoms with Crippen molar-refractivity contribution in [1.82, 2.24) is 5.32 Å². The minimum atomic E-state index is 0.614. The molecule has 1 N–H and O–H groups in total. The lowest BCUT2D eigenvalue weighted by Gasteiger charge is -2.07. The van der Waals surface area contributed by atoms with Crippen molar-refractivity contribution in [3.05, 3.63) is 46.5 Å². The summed E-state index contributed by atoms with van der Waals surface area (Å²) in [5.41, 5.74) is 2.26. The smallest absolute Gasteiger partial charge is 0.0721 e. The Balaban J connectivity index is 2.20. The molecule has 0 radical (unpaired) electrons. The van der Waals surface area contributed by atoms with E-state index in [9.17, 15) is 0 Å². The standard InChI is InChI=1S/C13H18BrNO/c1-3-15-8-11(2)9-16-10-12-4-6-13(14)7-5-12/h4-7,15H,2-3,8-10H2,1H3. The highest BCUT2D eigenvalue weighted by molar-refractivity contribution is 9.10. The lowest BCUT2D eigenvalue weighted by Crippen LogP contribution is -2.17. The van der Waals surface area contributed by atoms with Gasteiger partial charge in [-0.15, -0.1) is 0 Å². The SMILES string of the molecule is C=C(CNCC)COCc1ccc(Br)cc1. The highest BCUT2D eigenvalue weighted by Gasteiger charge is 1.96. The van der Waals surface area contributed by atoms with E-state index < -0.39 is 0 Å². The van der Waals surface area contributed by atoms with Crippen molar-refractivity contribution >= 4 is 15.9 Å². The summed E-state index contributed by atoms with van der Waals surface area (Å²) in [6.07, 6.45) is 0. The fourth-order valence-electron chi connectivity index (χ4n) is 1.25. The van der Waals surface area contributed by atoms with Crippen LogP contribution in [0.5, 0.6) is 0 Å². The van der Waals surface area contributed by atoms with Crippen molar-refractivity contribution < 1.29 is 4.74 Å². The Morgan fingerprint density at radius 3 is 2.69 bits per heavy atom. The summed E-state index contributed by atoms with van der Waals surface area (Å²) in [5, 5.41) is 3.22. The number of benzene rings is 1. The Kier molecular flexibility index (Phi) is 6.38. The fraction of sp³-hybridized carbons (Fsp3) is 0.385. The summed E-state index contributed by atoms with van der Waals surface area (Å²) < 4.78 is 6.65. The number of likely N-dealkylation sites (N-methyl/N-ethyl adjacent to an activating group) is 1. The molecular formula is C13H18BrNO. The van der Waals surface area contributed by atoms with E-state index >= 15 is 0 Å². The second kappa shape index (κ2) is 7.60. The first-order valence-corrected chi connectivity index (χ1v) is 6.21. The third kappa shape index (κ3) is 5.45. The van der Waals surface area contributed by atoms with Crippen LogP contribution in [0.1, 0.15) is 12.5 Å². The second-order valence-electron chi connectivity index (χ2n) is 3.65. The van der Waals surface area contributed by atoms with Crippen LogP contribution in [0.3, 0.4) is 0 Å². The molecule has 16 heavy (non-hydrogen) atoms. The highest BCUT2D eigenvalue weighted by atomic mass is 79.9. The van der Waals surface area contributed by atoms with E-state index in [-0.39, 0.29) is 0 Å². The van der Waals surface area contributed by atoms with Gasteiger partial charge in [-0.3, -0.25) is 0 Å². The Morgan fingerprint density at radius 2 is 2.06 bits per heavy atom. The molecule has 3 heteroatoms. The van der Waals surface area contributed by atoms with Crippen molar-refractivity contribution in [1.29, 1.82) is 0 Å². The molecule has 0 aliphatic heterocycles. The van der Waals surface area contributed by atoms with Gasteiger partial charge in [-0.25, -0.2) is 0 Å². The molecule has 0 aliphatic carbocycles. The zero-order chi connectivity index (χ0) is 11.8. The largest absolute Gasteiger partial charge is 0.372 e. The molecule has 2 nitrogen and oxygen atoms in total. The topological polar surface area (TPSA) is 21.3 Å². The van der Waals surface area contributed by atoms with E-state index in [1.54, 1.807) is 0 Å². The number of nitrogens with one attached hydrogen (secondary N) is 1. The van der Waals surface area contributed by atoms with Crippen LogP contribution in [0.25, 0.3) is 0 Å². The third-order valence-electron chi connectivity index (χ3n) is 2.11. The van der Waals surface area contributed by atoms with Gasteiger partial charge in [0.25, 0.3) is 0 Å². The van der Waals surface area contributed by atoms with Gasteiger partial charge in [-0.05, 0) is 29.8 Å². The maximum absolute atomic E-state index is 5.56. The first-order chi connectivity index (χ1) is 7.72. The van der Waals surface area contributed by atoms with Gasteiger partial charge in [-0.1, -0.05) is 41.6 Å². The van der Waals surface area contributed by atoms with Gasteiger partial charge in [0.2, 0.25) is 0 Å². The van der Waals surface area contributed by atoms with Gasteiger partial charge < -0.3 is 10.1 Å². The van der Waals surface area contributed by atoms with E-state index in [0.717, 1.165) is 23.1 Å². The second-order valence-corrected chi connectivity index (χ2v) is 4.57. The minimum absolute atomic E-state index is 0.614. The normalized spacial score (nSPS) is 10.4. The molecular weight excluding hydrogens is 266 g/mol. The van der Waals surface area contributed by atoms with E-state index in [2.05, 4.69) is 46.9 Å². The van der Waals surface area contributed by atoms with Crippen LogP contribution in [-0.2, 0) is 11.3 Å². The summed E-state index contributed by atoms with van der Waals surface area (Å²) in [5.74, 6) is 0. The van der Waals surface area contributed by atoms with Gasteiger partial charge in [0.15, 0.2) is 0 Å². The molecule has 0 spiro atoms. The molecule has 0 heterocycles. The number of ether oxygens (including phenoxy) is 1. The average Bonchev–Trinajstić information content (AvgIpc) is 2.29. The van der Waals surface area contributed by atoms with Crippen LogP contribution in [0.15, 0.2) is 40.9 Å². The molecule has 1 rings (SSSR count). The van der Waals surface area contributed by atoms with Crippen LogP contribution < -0.4 is 5.32 Å². The van der Waals surface area contributed by atoms with Gasteiger partial charge in [0.05, 0.1) is 13.2 Å². The Bertz CT molecular complexity index is 321. The Morgan fingerprint density at radius 1 is 1.38 bits per heavy atom. The first-order valence-electron chi connectivity index (χ1n) is 5.42. The number of hydrogen-bond donors (Lipinski definition) is 1. The molecule has 1 aromatic rings. The summed E-state index contributed by atoms with van der Waals surface area (Å²) in [6.45, 7) is 9.07. The monoisotopic (exact) mass is 283 g/mol. The average molecular weight is 284 g/mol. The maximum Gasteiger partial charge on any atom is 0.0721 e. The van der Waals surface area contributed by atoms with Crippen molar-refractivity contribution in [2.45, 2.75) is 13.5 Å². The van der Waals surface area contributed by atoms with Crippen LogP contribution in [0, 0.1) is 0 Å². The molecule has 0 saturated heterocycles.